The van der Waals surface area contributed by atoms with Crippen LogP contribution in [-0.2, 0) is 0 Å². The number of rotatable bonds is 3. The summed E-state index contributed by atoms with van der Waals surface area (Å²) < 4.78 is 1.68. The third-order valence-corrected chi connectivity index (χ3v) is 3.82. The van der Waals surface area contributed by atoms with Gasteiger partial charge in [0.1, 0.15) is 6.33 Å². The summed E-state index contributed by atoms with van der Waals surface area (Å²) in [6.07, 6.45) is 4.08. The van der Waals surface area contributed by atoms with E-state index in [0.717, 1.165) is 12.2 Å². The monoisotopic (exact) mass is 272 g/mol. The summed E-state index contributed by atoms with van der Waals surface area (Å²) in [5.74, 6) is 0. The third kappa shape index (κ3) is 2.80. The maximum atomic E-state index is 3.94. The molecule has 1 N–H and O–H groups in total. The molecule has 1 fully saturated rings. The minimum Gasteiger partial charge on any atom is -0.381 e. The highest BCUT2D eigenvalue weighted by molar-refractivity contribution is 5.57. The molecular weight excluding hydrogens is 252 g/mol. The van der Waals surface area contributed by atoms with Crippen molar-refractivity contribution in [1.82, 2.24) is 25.1 Å². The number of aryl methyl sites for hydroxylation is 1. The SMILES string of the molecule is Cc1ccc(-n2cnnn2)cc1NC1CCCN(C)C1. The van der Waals surface area contributed by atoms with Crippen LogP contribution in [0.5, 0.6) is 0 Å². The van der Waals surface area contributed by atoms with E-state index in [1.807, 2.05) is 6.07 Å². The molecule has 0 amide bonds. The normalized spacial score (nSPS) is 20.0. The summed E-state index contributed by atoms with van der Waals surface area (Å²) in [5, 5.41) is 15.0. The van der Waals surface area contributed by atoms with E-state index in [1.54, 1.807) is 11.0 Å². The zero-order valence-electron chi connectivity index (χ0n) is 12.0. The van der Waals surface area contributed by atoms with Gasteiger partial charge in [0.05, 0.1) is 5.69 Å². The Hall–Kier alpha value is -1.95. The number of nitrogens with one attached hydrogen (secondary N) is 1. The van der Waals surface area contributed by atoms with Gasteiger partial charge in [-0.15, -0.1) is 5.10 Å². The molecule has 0 bridgehead atoms. The van der Waals surface area contributed by atoms with E-state index in [1.165, 1.54) is 30.6 Å². The number of nitrogens with zero attached hydrogens (tertiary/aromatic N) is 5. The van der Waals surface area contributed by atoms with Gasteiger partial charge in [-0.3, -0.25) is 0 Å². The van der Waals surface area contributed by atoms with Gasteiger partial charge in [0, 0.05) is 18.3 Å². The highest BCUT2D eigenvalue weighted by Crippen LogP contribution is 2.22. The second kappa shape index (κ2) is 5.58. The quantitative estimate of drug-likeness (QED) is 0.917. The Morgan fingerprint density at radius 2 is 2.25 bits per heavy atom. The first-order chi connectivity index (χ1) is 9.72. The number of tetrazole rings is 1. The first-order valence-corrected chi connectivity index (χ1v) is 7.01. The Balaban J connectivity index is 1.80. The largest absolute Gasteiger partial charge is 0.381 e. The van der Waals surface area contributed by atoms with E-state index in [0.29, 0.717) is 6.04 Å². The second-order valence-electron chi connectivity index (χ2n) is 5.50. The standard InChI is InChI=1S/C14H20N6/c1-11-5-6-13(20-10-15-17-18-20)8-14(11)16-12-4-3-7-19(2)9-12/h5-6,8,10,12,16H,3-4,7,9H2,1-2H3. The summed E-state index contributed by atoms with van der Waals surface area (Å²) >= 11 is 0. The van der Waals surface area contributed by atoms with Crippen molar-refractivity contribution in [2.45, 2.75) is 25.8 Å². The molecular formula is C14H20N6. The lowest BCUT2D eigenvalue weighted by atomic mass is 10.0. The Bertz CT molecular complexity index is 565. The molecule has 20 heavy (non-hydrogen) atoms. The van der Waals surface area contributed by atoms with E-state index in [9.17, 15) is 0 Å². The zero-order valence-corrected chi connectivity index (χ0v) is 12.0. The molecule has 1 aliphatic rings. The van der Waals surface area contributed by atoms with E-state index in [-0.39, 0.29) is 0 Å². The summed E-state index contributed by atoms with van der Waals surface area (Å²) in [7, 11) is 2.18. The van der Waals surface area contributed by atoms with Crippen LogP contribution in [0.25, 0.3) is 5.69 Å². The van der Waals surface area contributed by atoms with E-state index < -0.39 is 0 Å². The molecule has 0 saturated carbocycles. The van der Waals surface area contributed by atoms with Gasteiger partial charge < -0.3 is 10.2 Å². The van der Waals surface area contributed by atoms with E-state index in [4.69, 9.17) is 0 Å². The molecule has 0 spiro atoms. The molecule has 1 aromatic heterocycles. The van der Waals surface area contributed by atoms with Gasteiger partial charge in [0.15, 0.2) is 0 Å². The van der Waals surface area contributed by atoms with E-state index >= 15 is 0 Å². The van der Waals surface area contributed by atoms with Gasteiger partial charge in [-0.1, -0.05) is 6.07 Å². The summed E-state index contributed by atoms with van der Waals surface area (Å²) in [6, 6.07) is 6.76. The van der Waals surface area contributed by atoms with Crippen LogP contribution < -0.4 is 5.32 Å². The molecule has 1 aliphatic heterocycles. The van der Waals surface area contributed by atoms with Crippen molar-refractivity contribution in [3.63, 3.8) is 0 Å². The van der Waals surface area contributed by atoms with Gasteiger partial charge in [-0.05, 0) is 61.5 Å². The van der Waals surface area contributed by atoms with Crippen LogP contribution in [0.2, 0.25) is 0 Å². The number of piperidine rings is 1. The lowest BCUT2D eigenvalue weighted by molar-refractivity contribution is 0.261. The van der Waals surface area contributed by atoms with Crippen molar-refractivity contribution in [3.8, 4) is 5.69 Å². The summed E-state index contributed by atoms with van der Waals surface area (Å²) in [5.41, 5.74) is 3.39. The van der Waals surface area contributed by atoms with Crippen LogP contribution in [0.3, 0.4) is 0 Å². The highest BCUT2D eigenvalue weighted by atomic mass is 15.5. The van der Waals surface area contributed by atoms with Gasteiger partial charge in [-0.25, -0.2) is 4.68 Å². The molecule has 2 aromatic rings. The predicted octanol–water partition coefficient (Wildman–Crippen LogP) is 1.48. The van der Waals surface area contributed by atoms with Crippen LogP contribution in [0.4, 0.5) is 5.69 Å². The van der Waals surface area contributed by atoms with Crippen molar-refractivity contribution in [2.75, 3.05) is 25.5 Å². The molecule has 1 saturated heterocycles. The molecule has 3 rings (SSSR count). The molecule has 6 nitrogen and oxygen atoms in total. The molecule has 106 valence electrons. The van der Waals surface area contributed by atoms with Crippen LogP contribution in [0.1, 0.15) is 18.4 Å². The van der Waals surface area contributed by atoms with Crippen LogP contribution in [0, 0.1) is 6.92 Å². The number of likely N-dealkylation sites (N-methyl/N-ethyl adjacent to an activating group) is 1. The van der Waals surface area contributed by atoms with E-state index in [2.05, 4.69) is 51.8 Å². The maximum Gasteiger partial charge on any atom is 0.143 e. The smallest absolute Gasteiger partial charge is 0.143 e. The lowest BCUT2D eigenvalue weighted by Gasteiger charge is -2.31. The number of likely N-dealkylation sites (tertiary alicyclic amines) is 1. The summed E-state index contributed by atoms with van der Waals surface area (Å²) in [4.78, 5) is 2.38. The average Bonchev–Trinajstić information content (AvgIpc) is 2.95. The maximum absolute atomic E-state index is 3.94. The minimum atomic E-state index is 0.511. The van der Waals surface area contributed by atoms with Crippen LogP contribution in [-0.4, -0.2) is 51.3 Å². The molecule has 1 unspecified atom stereocenters. The Kier molecular flexibility index (Phi) is 3.64. The molecule has 2 heterocycles. The fourth-order valence-electron chi connectivity index (χ4n) is 2.69. The van der Waals surface area contributed by atoms with Crippen molar-refractivity contribution < 1.29 is 0 Å². The number of benzene rings is 1. The van der Waals surface area contributed by atoms with Crippen molar-refractivity contribution in [2.24, 2.45) is 0 Å². The number of aromatic nitrogens is 4. The van der Waals surface area contributed by atoms with Gasteiger partial charge in [0.25, 0.3) is 0 Å². The fraction of sp³-hybridized carbons (Fsp3) is 0.500. The Labute approximate surface area is 118 Å². The predicted molar refractivity (Wildman–Crippen MR) is 78.0 cm³/mol. The second-order valence-corrected chi connectivity index (χ2v) is 5.50. The molecule has 1 atom stereocenters. The van der Waals surface area contributed by atoms with Gasteiger partial charge >= 0.3 is 0 Å². The lowest BCUT2D eigenvalue weighted by Crippen LogP contribution is -2.39. The first-order valence-electron chi connectivity index (χ1n) is 7.01. The summed E-state index contributed by atoms with van der Waals surface area (Å²) in [6.45, 7) is 4.41. The van der Waals surface area contributed by atoms with Gasteiger partial charge in [0.2, 0.25) is 0 Å². The van der Waals surface area contributed by atoms with Gasteiger partial charge in [-0.2, -0.15) is 0 Å². The van der Waals surface area contributed by atoms with Crippen molar-refractivity contribution >= 4 is 5.69 Å². The first kappa shape index (κ1) is 13.1. The topological polar surface area (TPSA) is 58.9 Å². The Morgan fingerprint density at radius 3 is 3.00 bits per heavy atom. The third-order valence-electron chi connectivity index (χ3n) is 3.82. The number of hydrogen-bond acceptors (Lipinski definition) is 5. The molecule has 0 radical (unpaired) electrons. The number of hydrogen-bond donors (Lipinski definition) is 1. The minimum absolute atomic E-state index is 0.511. The van der Waals surface area contributed by atoms with Crippen LogP contribution >= 0.6 is 0 Å². The molecule has 6 heteroatoms. The molecule has 1 aromatic carbocycles. The highest BCUT2D eigenvalue weighted by Gasteiger charge is 2.17. The van der Waals surface area contributed by atoms with Crippen LogP contribution in [0.15, 0.2) is 24.5 Å². The zero-order chi connectivity index (χ0) is 13.9. The number of anilines is 1. The fourth-order valence-corrected chi connectivity index (χ4v) is 2.69. The van der Waals surface area contributed by atoms with Crippen molar-refractivity contribution in [1.29, 1.82) is 0 Å². The van der Waals surface area contributed by atoms with Crippen molar-refractivity contribution in [3.05, 3.63) is 30.1 Å². The average molecular weight is 272 g/mol. The Morgan fingerprint density at radius 1 is 1.35 bits per heavy atom. The molecule has 0 aliphatic carbocycles.